The summed E-state index contributed by atoms with van der Waals surface area (Å²) in [4.78, 5) is 4.02. The Balaban J connectivity index is 2.47. The van der Waals surface area contributed by atoms with E-state index >= 15 is 0 Å². The van der Waals surface area contributed by atoms with E-state index in [1.165, 1.54) is 0 Å². The lowest BCUT2D eigenvalue weighted by atomic mass is 9.83. The average molecular weight is 213 g/mol. The zero-order chi connectivity index (χ0) is 11.3. The first-order valence-corrected chi connectivity index (χ1v) is 5.66. The fourth-order valence-corrected chi connectivity index (χ4v) is 1.80. The lowest BCUT2D eigenvalue weighted by molar-refractivity contribution is 0.319. The molecule has 0 aromatic rings. The number of nitrogens with zero attached hydrogens (tertiary/aromatic N) is 2. The van der Waals surface area contributed by atoms with Crippen LogP contribution in [0.3, 0.4) is 0 Å². The monoisotopic (exact) mass is 213 g/mol. The van der Waals surface area contributed by atoms with E-state index in [-0.39, 0.29) is 0 Å². The Morgan fingerprint density at radius 3 is 1.60 bits per heavy atom. The van der Waals surface area contributed by atoms with Crippen molar-refractivity contribution in [3.05, 3.63) is 0 Å². The lowest BCUT2D eigenvalue weighted by Crippen LogP contribution is -2.46. The molecule has 1 aliphatic rings. The predicted octanol–water partition coefficient (Wildman–Crippen LogP) is -1.59. The van der Waals surface area contributed by atoms with Crippen LogP contribution in [0.2, 0.25) is 13.6 Å². The van der Waals surface area contributed by atoms with Crippen molar-refractivity contribution in [2.24, 2.45) is 0 Å². The van der Waals surface area contributed by atoms with Crippen molar-refractivity contribution in [2.75, 3.05) is 39.3 Å². The lowest BCUT2D eigenvalue weighted by Gasteiger charge is -2.26. The Morgan fingerprint density at radius 1 is 0.867 bits per heavy atom. The molecule has 0 aliphatic carbocycles. The predicted molar refractivity (Wildman–Crippen MR) is 63.7 cm³/mol. The van der Waals surface area contributed by atoms with Gasteiger partial charge in [-0.05, 0) is 13.6 Å². The van der Waals surface area contributed by atoms with Crippen LogP contribution in [0.25, 0.3) is 0 Å². The van der Waals surface area contributed by atoms with E-state index in [0.29, 0.717) is 0 Å². The molecule has 1 fully saturated rings. The van der Waals surface area contributed by atoms with Crippen LogP contribution < -0.4 is 5.32 Å². The molecule has 0 saturated carbocycles. The summed E-state index contributed by atoms with van der Waals surface area (Å²) < 4.78 is 0. The minimum atomic E-state index is -0.416. The quantitative estimate of drug-likeness (QED) is 0.483. The van der Waals surface area contributed by atoms with Crippen molar-refractivity contribution in [1.82, 2.24) is 14.9 Å². The second kappa shape index (κ2) is 6.50. The SMILES string of the molecule is CB(O)N1CCNCCN(B(C)O)CC1. The van der Waals surface area contributed by atoms with Crippen molar-refractivity contribution < 1.29 is 10.0 Å². The molecule has 0 radical (unpaired) electrons. The van der Waals surface area contributed by atoms with Crippen molar-refractivity contribution in [2.45, 2.75) is 13.6 Å². The largest absolute Gasteiger partial charge is 0.437 e. The average Bonchev–Trinajstić information content (AvgIpc) is 2.27. The molecule has 1 heterocycles. The molecule has 3 N–H and O–H groups in total. The van der Waals surface area contributed by atoms with Gasteiger partial charge in [-0.2, -0.15) is 0 Å². The number of nitrogens with one attached hydrogen (secondary N) is 1. The van der Waals surface area contributed by atoms with Gasteiger partial charge in [0, 0.05) is 39.3 Å². The van der Waals surface area contributed by atoms with Crippen LogP contribution in [-0.4, -0.2) is 73.0 Å². The summed E-state index contributed by atoms with van der Waals surface area (Å²) in [5.41, 5.74) is 0. The summed E-state index contributed by atoms with van der Waals surface area (Å²) in [7, 11) is -0.832. The van der Waals surface area contributed by atoms with Gasteiger partial charge in [-0.3, -0.25) is 0 Å². The molecule has 0 spiro atoms. The second-order valence-corrected chi connectivity index (χ2v) is 4.09. The van der Waals surface area contributed by atoms with Crippen LogP contribution in [-0.2, 0) is 0 Å². The molecule has 1 rings (SSSR count). The van der Waals surface area contributed by atoms with E-state index in [2.05, 4.69) is 5.32 Å². The molecule has 0 atom stereocenters. The summed E-state index contributed by atoms with van der Waals surface area (Å²) in [5.74, 6) is 0. The Hall–Kier alpha value is -0.0701. The van der Waals surface area contributed by atoms with Gasteiger partial charge in [-0.1, -0.05) is 0 Å². The highest BCUT2D eigenvalue weighted by Crippen LogP contribution is 1.98. The highest BCUT2D eigenvalue weighted by Gasteiger charge is 2.21. The Labute approximate surface area is 92.7 Å². The molecule has 0 aromatic carbocycles. The molecule has 0 amide bonds. The molecule has 0 aromatic heterocycles. The van der Waals surface area contributed by atoms with Crippen molar-refractivity contribution in [3.63, 3.8) is 0 Å². The topological polar surface area (TPSA) is 59.0 Å². The Morgan fingerprint density at radius 2 is 1.27 bits per heavy atom. The number of rotatable bonds is 2. The maximum absolute atomic E-state index is 9.53. The van der Waals surface area contributed by atoms with Crippen LogP contribution in [0.4, 0.5) is 0 Å². The zero-order valence-corrected chi connectivity index (χ0v) is 9.69. The molecule has 1 aliphatic heterocycles. The van der Waals surface area contributed by atoms with Gasteiger partial charge in [-0.15, -0.1) is 0 Å². The molecule has 86 valence electrons. The third kappa shape index (κ3) is 4.53. The number of hydrogen-bond donors (Lipinski definition) is 3. The fraction of sp³-hybridized carbons (Fsp3) is 1.00. The van der Waals surface area contributed by atoms with Gasteiger partial charge < -0.3 is 25.0 Å². The minimum absolute atomic E-state index is 0.416. The van der Waals surface area contributed by atoms with E-state index in [1.807, 2.05) is 9.62 Å². The van der Waals surface area contributed by atoms with E-state index in [9.17, 15) is 10.0 Å². The van der Waals surface area contributed by atoms with Gasteiger partial charge in [0.25, 0.3) is 0 Å². The van der Waals surface area contributed by atoms with Gasteiger partial charge in [0.2, 0.25) is 0 Å². The van der Waals surface area contributed by atoms with E-state index in [0.717, 1.165) is 39.3 Å². The van der Waals surface area contributed by atoms with Crippen LogP contribution in [0.15, 0.2) is 0 Å². The Kier molecular flexibility index (Phi) is 5.63. The highest BCUT2D eigenvalue weighted by atomic mass is 16.2. The summed E-state index contributed by atoms with van der Waals surface area (Å²) in [5, 5.41) is 22.3. The smallest absolute Gasteiger partial charge is 0.376 e. The maximum atomic E-state index is 9.53. The normalized spacial score (nSPS) is 21.6. The van der Waals surface area contributed by atoms with E-state index in [1.54, 1.807) is 13.6 Å². The number of hydrogen-bond acceptors (Lipinski definition) is 5. The summed E-state index contributed by atoms with van der Waals surface area (Å²) in [6, 6.07) is 0. The molecule has 5 nitrogen and oxygen atoms in total. The van der Waals surface area contributed by atoms with E-state index < -0.39 is 14.1 Å². The standard InChI is InChI=1S/C8H21B2N3O2/c1-9(14)12-5-3-11-4-6-13(8-7-12)10(2)15/h11,14-15H,3-8H2,1-2H3. The summed E-state index contributed by atoms with van der Waals surface area (Å²) in [6.07, 6.45) is 0. The minimum Gasteiger partial charge on any atom is -0.437 e. The Bertz CT molecular complexity index is 165. The first kappa shape index (κ1) is 13.0. The molecular formula is C8H21B2N3O2. The van der Waals surface area contributed by atoms with Crippen molar-refractivity contribution in [1.29, 1.82) is 0 Å². The van der Waals surface area contributed by atoms with Crippen LogP contribution in [0.5, 0.6) is 0 Å². The van der Waals surface area contributed by atoms with Gasteiger partial charge in [0.1, 0.15) is 0 Å². The molecule has 0 bridgehead atoms. The van der Waals surface area contributed by atoms with Gasteiger partial charge in [0.15, 0.2) is 0 Å². The van der Waals surface area contributed by atoms with Gasteiger partial charge >= 0.3 is 14.1 Å². The first-order chi connectivity index (χ1) is 7.11. The van der Waals surface area contributed by atoms with Gasteiger partial charge in [0.05, 0.1) is 0 Å². The van der Waals surface area contributed by atoms with Crippen LogP contribution in [0.1, 0.15) is 0 Å². The van der Waals surface area contributed by atoms with Crippen molar-refractivity contribution >= 4 is 14.1 Å². The van der Waals surface area contributed by atoms with Crippen molar-refractivity contribution in [3.8, 4) is 0 Å². The second-order valence-electron chi connectivity index (χ2n) is 4.09. The molecule has 0 unspecified atom stereocenters. The third-order valence-corrected chi connectivity index (χ3v) is 2.88. The maximum Gasteiger partial charge on any atom is 0.376 e. The van der Waals surface area contributed by atoms with Crippen LogP contribution >= 0.6 is 0 Å². The zero-order valence-electron chi connectivity index (χ0n) is 9.69. The molecule has 1 saturated heterocycles. The fourth-order valence-electron chi connectivity index (χ4n) is 1.80. The first-order valence-electron chi connectivity index (χ1n) is 5.66. The third-order valence-electron chi connectivity index (χ3n) is 2.88. The van der Waals surface area contributed by atoms with Crippen LogP contribution in [0, 0.1) is 0 Å². The molecular weight excluding hydrogens is 192 g/mol. The molecule has 7 heteroatoms. The summed E-state index contributed by atoms with van der Waals surface area (Å²) in [6.45, 7) is 8.64. The molecule has 15 heavy (non-hydrogen) atoms. The summed E-state index contributed by atoms with van der Waals surface area (Å²) >= 11 is 0. The van der Waals surface area contributed by atoms with E-state index in [4.69, 9.17) is 0 Å². The van der Waals surface area contributed by atoms with Gasteiger partial charge in [-0.25, -0.2) is 0 Å². The highest BCUT2D eigenvalue weighted by molar-refractivity contribution is 6.46.